The minimum absolute atomic E-state index is 0.396. The molecule has 2 rings (SSSR count). The molecule has 5 heteroatoms. The molecule has 0 aliphatic carbocycles. The van der Waals surface area contributed by atoms with Gasteiger partial charge in [-0.3, -0.25) is 4.99 Å². The van der Waals surface area contributed by atoms with Crippen LogP contribution >= 0.6 is 0 Å². The molecule has 0 aromatic carbocycles. The zero-order valence-electron chi connectivity index (χ0n) is 14.6. The summed E-state index contributed by atoms with van der Waals surface area (Å²) >= 11 is 0. The number of hydrogen-bond acceptors (Lipinski definition) is 3. The number of aromatic nitrogens is 1. The van der Waals surface area contributed by atoms with Gasteiger partial charge in [0.25, 0.3) is 0 Å². The molecule has 1 atom stereocenters. The number of guanidine groups is 1. The Morgan fingerprint density at radius 2 is 2.23 bits per heavy atom. The summed E-state index contributed by atoms with van der Waals surface area (Å²) in [5.41, 5.74) is 1.00. The average Bonchev–Trinajstić information content (AvgIpc) is 3.08. The molecule has 1 aliphatic rings. The van der Waals surface area contributed by atoms with Gasteiger partial charge in [-0.05, 0) is 30.6 Å². The molecule has 1 aromatic rings. The third-order valence-electron chi connectivity index (χ3n) is 4.19. The molecule has 22 heavy (non-hydrogen) atoms. The Balaban J connectivity index is 1.85. The third-order valence-corrected chi connectivity index (χ3v) is 4.19. The summed E-state index contributed by atoms with van der Waals surface area (Å²) < 4.78 is 5.37. The van der Waals surface area contributed by atoms with Gasteiger partial charge >= 0.3 is 0 Å². The van der Waals surface area contributed by atoms with E-state index in [1.54, 1.807) is 0 Å². The van der Waals surface area contributed by atoms with Crippen molar-refractivity contribution in [2.75, 3.05) is 20.1 Å². The van der Waals surface area contributed by atoms with E-state index < -0.39 is 0 Å². The summed E-state index contributed by atoms with van der Waals surface area (Å²) in [6, 6.07) is 2.02. The van der Waals surface area contributed by atoms with Gasteiger partial charge in [0.2, 0.25) is 0 Å². The van der Waals surface area contributed by atoms with Gasteiger partial charge in [0.15, 0.2) is 11.7 Å². The zero-order valence-corrected chi connectivity index (χ0v) is 14.6. The van der Waals surface area contributed by atoms with E-state index >= 15 is 0 Å². The van der Waals surface area contributed by atoms with Crippen molar-refractivity contribution in [1.82, 2.24) is 15.4 Å². The second-order valence-electron chi connectivity index (χ2n) is 7.00. The first-order chi connectivity index (χ1) is 10.5. The van der Waals surface area contributed by atoms with Crippen molar-refractivity contribution in [2.24, 2.45) is 16.8 Å². The summed E-state index contributed by atoms with van der Waals surface area (Å²) in [4.78, 5) is 6.76. The second-order valence-corrected chi connectivity index (χ2v) is 7.00. The molecular formula is C17H30N4O. The summed E-state index contributed by atoms with van der Waals surface area (Å²) in [5, 5.41) is 7.49. The molecule has 0 amide bonds. The van der Waals surface area contributed by atoms with Gasteiger partial charge in [-0.25, -0.2) is 0 Å². The highest BCUT2D eigenvalue weighted by molar-refractivity contribution is 5.80. The van der Waals surface area contributed by atoms with Crippen molar-refractivity contribution in [3.63, 3.8) is 0 Å². The third kappa shape index (κ3) is 4.49. The van der Waals surface area contributed by atoms with Crippen LogP contribution in [0.15, 0.2) is 15.6 Å². The topological polar surface area (TPSA) is 53.7 Å². The highest BCUT2D eigenvalue weighted by atomic mass is 16.5. The molecule has 1 saturated heterocycles. The Labute approximate surface area is 134 Å². The lowest BCUT2D eigenvalue weighted by Crippen LogP contribution is -2.39. The molecule has 1 aromatic heterocycles. The molecule has 1 N–H and O–H groups in total. The highest BCUT2D eigenvalue weighted by Crippen LogP contribution is 2.23. The van der Waals surface area contributed by atoms with Gasteiger partial charge in [0, 0.05) is 26.2 Å². The van der Waals surface area contributed by atoms with Crippen molar-refractivity contribution in [1.29, 1.82) is 0 Å². The maximum absolute atomic E-state index is 5.37. The van der Waals surface area contributed by atoms with Crippen molar-refractivity contribution in [3.8, 4) is 0 Å². The van der Waals surface area contributed by atoms with Crippen LogP contribution in [0.2, 0.25) is 0 Å². The zero-order chi connectivity index (χ0) is 16.1. The molecule has 0 spiro atoms. The van der Waals surface area contributed by atoms with Gasteiger partial charge in [-0.2, -0.15) is 0 Å². The predicted octanol–water partition coefficient (Wildman–Crippen LogP) is 3.24. The van der Waals surface area contributed by atoms with E-state index in [4.69, 9.17) is 4.52 Å². The maximum Gasteiger partial charge on any atom is 0.194 e. The highest BCUT2D eigenvalue weighted by Gasteiger charge is 2.25. The van der Waals surface area contributed by atoms with Gasteiger partial charge in [0.1, 0.15) is 0 Å². The fourth-order valence-corrected chi connectivity index (χ4v) is 3.07. The van der Waals surface area contributed by atoms with Crippen LogP contribution < -0.4 is 5.32 Å². The fraction of sp³-hybridized carbons (Fsp3) is 0.765. The van der Waals surface area contributed by atoms with Crippen LogP contribution in [0.3, 0.4) is 0 Å². The first kappa shape index (κ1) is 16.8. The standard InChI is InChI=1S/C17H30N4O/c1-12(2)8-14-6-7-21(11-14)17(18-5)19-10-15-9-16(13(3)4)20-22-15/h9,12-14H,6-8,10-11H2,1-5H3,(H,18,19). The summed E-state index contributed by atoms with van der Waals surface area (Å²) in [7, 11) is 1.85. The normalized spacial score (nSPS) is 19.5. The SMILES string of the molecule is CN=C(NCc1cc(C(C)C)no1)N1CCC(CC(C)C)C1. The van der Waals surface area contributed by atoms with Crippen LogP contribution in [0.5, 0.6) is 0 Å². The van der Waals surface area contributed by atoms with Crippen LogP contribution in [0.1, 0.15) is 57.9 Å². The number of nitrogens with one attached hydrogen (secondary N) is 1. The summed E-state index contributed by atoms with van der Waals surface area (Å²) in [6.45, 7) is 11.7. The Hall–Kier alpha value is -1.52. The lowest BCUT2D eigenvalue weighted by Gasteiger charge is -2.21. The Morgan fingerprint density at radius 1 is 1.45 bits per heavy atom. The summed E-state index contributed by atoms with van der Waals surface area (Å²) in [6.07, 6.45) is 2.56. The van der Waals surface area contributed by atoms with Crippen molar-refractivity contribution in [3.05, 3.63) is 17.5 Å². The molecule has 124 valence electrons. The van der Waals surface area contributed by atoms with Gasteiger partial charge < -0.3 is 14.7 Å². The lowest BCUT2D eigenvalue weighted by molar-refractivity contribution is 0.367. The van der Waals surface area contributed by atoms with Crippen molar-refractivity contribution in [2.45, 2.75) is 53.0 Å². The molecule has 0 bridgehead atoms. The van der Waals surface area contributed by atoms with Gasteiger partial charge in [-0.1, -0.05) is 32.9 Å². The van der Waals surface area contributed by atoms with Crippen LogP contribution in [-0.2, 0) is 6.54 Å². The van der Waals surface area contributed by atoms with Gasteiger partial charge in [0.05, 0.1) is 12.2 Å². The van der Waals surface area contributed by atoms with E-state index in [0.29, 0.717) is 12.5 Å². The van der Waals surface area contributed by atoms with E-state index in [-0.39, 0.29) is 0 Å². The number of likely N-dealkylation sites (tertiary alicyclic amines) is 1. The van der Waals surface area contributed by atoms with E-state index in [1.165, 1.54) is 12.8 Å². The van der Waals surface area contributed by atoms with Crippen LogP contribution in [0, 0.1) is 11.8 Å². The predicted molar refractivity (Wildman–Crippen MR) is 89.9 cm³/mol. The van der Waals surface area contributed by atoms with E-state index in [1.807, 2.05) is 13.1 Å². The number of hydrogen-bond donors (Lipinski definition) is 1. The Kier molecular flexibility index (Phi) is 5.86. The summed E-state index contributed by atoms with van der Waals surface area (Å²) in [5.74, 6) is 3.78. The monoisotopic (exact) mass is 306 g/mol. The molecular weight excluding hydrogens is 276 g/mol. The number of nitrogens with zero attached hydrogens (tertiary/aromatic N) is 3. The largest absolute Gasteiger partial charge is 0.359 e. The fourth-order valence-electron chi connectivity index (χ4n) is 3.07. The first-order valence-corrected chi connectivity index (χ1v) is 8.40. The molecule has 1 unspecified atom stereocenters. The molecule has 0 radical (unpaired) electrons. The average molecular weight is 306 g/mol. The Morgan fingerprint density at radius 3 is 2.82 bits per heavy atom. The number of rotatable bonds is 5. The second kappa shape index (κ2) is 7.65. The minimum Gasteiger partial charge on any atom is -0.359 e. The lowest BCUT2D eigenvalue weighted by atomic mass is 9.97. The van der Waals surface area contributed by atoms with E-state index in [9.17, 15) is 0 Å². The van der Waals surface area contributed by atoms with Crippen LogP contribution in [0.25, 0.3) is 0 Å². The van der Waals surface area contributed by atoms with Crippen LogP contribution in [-0.4, -0.2) is 36.2 Å². The molecule has 0 saturated carbocycles. The van der Waals surface area contributed by atoms with E-state index in [0.717, 1.165) is 42.3 Å². The molecule has 1 fully saturated rings. The molecule has 1 aliphatic heterocycles. The Bertz CT molecular complexity index is 493. The van der Waals surface area contributed by atoms with Gasteiger partial charge in [-0.15, -0.1) is 0 Å². The first-order valence-electron chi connectivity index (χ1n) is 8.40. The van der Waals surface area contributed by atoms with Crippen molar-refractivity contribution >= 4 is 5.96 Å². The molecule has 5 nitrogen and oxygen atoms in total. The number of aliphatic imine (C=N–C) groups is 1. The molecule has 2 heterocycles. The minimum atomic E-state index is 0.396. The quantitative estimate of drug-likeness (QED) is 0.670. The van der Waals surface area contributed by atoms with E-state index in [2.05, 4.69) is 48.1 Å². The smallest absolute Gasteiger partial charge is 0.194 e. The van der Waals surface area contributed by atoms with Crippen molar-refractivity contribution < 1.29 is 4.52 Å². The maximum atomic E-state index is 5.37. The van der Waals surface area contributed by atoms with Crippen LogP contribution in [0.4, 0.5) is 0 Å².